The third-order valence-electron chi connectivity index (χ3n) is 3.29. The summed E-state index contributed by atoms with van der Waals surface area (Å²) in [6, 6.07) is 3.26. The first-order valence-electron chi connectivity index (χ1n) is 6.53. The van der Waals surface area contributed by atoms with Crippen LogP contribution in [0.2, 0.25) is 0 Å². The van der Waals surface area contributed by atoms with Gasteiger partial charge < -0.3 is 10.1 Å². The Morgan fingerprint density at radius 3 is 2.30 bits per heavy atom. The summed E-state index contributed by atoms with van der Waals surface area (Å²) in [6.45, 7) is 6.87. The fourth-order valence-electron chi connectivity index (χ4n) is 2.36. The van der Waals surface area contributed by atoms with Crippen molar-refractivity contribution >= 4 is 24.8 Å². The Labute approximate surface area is 144 Å². The Kier molecular flexibility index (Phi) is 8.90. The molecule has 1 aromatic carbocycles. The molecule has 0 amide bonds. The highest BCUT2D eigenvalue weighted by Gasteiger charge is 2.32. The molecule has 1 atom stereocenters. The van der Waals surface area contributed by atoms with Crippen LogP contribution in [0.25, 0.3) is 0 Å². The molecule has 1 aromatic rings. The smallest absolute Gasteiger partial charge is 0.403 e. The molecule has 2 rings (SSSR count). The van der Waals surface area contributed by atoms with Crippen molar-refractivity contribution < 1.29 is 22.3 Å². The summed E-state index contributed by atoms with van der Waals surface area (Å²) in [5, 5.41) is 3.20. The van der Waals surface area contributed by atoms with Gasteiger partial charge in [0, 0.05) is 26.2 Å². The van der Waals surface area contributed by atoms with E-state index in [-0.39, 0.29) is 30.9 Å². The zero-order valence-electron chi connectivity index (χ0n) is 12.1. The molecule has 3 nitrogen and oxygen atoms in total. The molecule has 0 saturated carbocycles. The minimum absolute atomic E-state index is 0. The van der Waals surface area contributed by atoms with Crippen molar-refractivity contribution in [3.05, 3.63) is 42.2 Å². The van der Waals surface area contributed by atoms with Gasteiger partial charge in [0.1, 0.15) is 0 Å². The molecule has 0 unspecified atom stereocenters. The number of ether oxygens (including phenoxy) is 1. The molecular weight excluding hydrogens is 359 g/mol. The van der Waals surface area contributed by atoms with Crippen LogP contribution in [-0.4, -0.2) is 37.4 Å². The van der Waals surface area contributed by atoms with Crippen LogP contribution < -0.4 is 10.1 Å². The lowest BCUT2D eigenvalue weighted by atomic mass is 10.0. The summed E-state index contributed by atoms with van der Waals surface area (Å²) in [6.07, 6.45) is -3.25. The summed E-state index contributed by atoms with van der Waals surface area (Å²) in [5.74, 6) is -1.86. The molecule has 0 radical (unpaired) electrons. The quantitative estimate of drug-likeness (QED) is 0.640. The number of nitrogens with zero attached hydrogens (tertiary/aromatic N) is 1. The average molecular weight is 377 g/mol. The van der Waals surface area contributed by atoms with Crippen LogP contribution in [0.3, 0.4) is 0 Å². The second kappa shape index (κ2) is 9.32. The minimum atomic E-state index is -4.90. The van der Waals surface area contributed by atoms with Gasteiger partial charge in [-0.05, 0) is 17.7 Å². The maximum absolute atomic E-state index is 13.8. The number of benzene rings is 1. The van der Waals surface area contributed by atoms with Gasteiger partial charge in [-0.2, -0.15) is 0 Å². The second-order valence-corrected chi connectivity index (χ2v) is 4.70. The van der Waals surface area contributed by atoms with E-state index in [1.54, 1.807) is 6.08 Å². The lowest BCUT2D eigenvalue weighted by Crippen LogP contribution is -2.44. The fraction of sp³-hybridized carbons (Fsp3) is 0.429. The van der Waals surface area contributed by atoms with E-state index in [0.717, 1.165) is 38.3 Å². The zero-order valence-corrected chi connectivity index (χ0v) is 13.7. The summed E-state index contributed by atoms with van der Waals surface area (Å²) in [5.41, 5.74) is 0.555. The van der Waals surface area contributed by atoms with Gasteiger partial charge in [-0.3, -0.25) is 4.90 Å². The van der Waals surface area contributed by atoms with E-state index < -0.39 is 17.9 Å². The number of nitrogens with one attached hydrogen (secondary N) is 1. The Morgan fingerprint density at radius 2 is 1.83 bits per heavy atom. The number of alkyl halides is 3. The van der Waals surface area contributed by atoms with Crippen molar-refractivity contribution in [1.82, 2.24) is 10.2 Å². The Balaban J connectivity index is 0.00000242. The van der Waals surface area contributed by atoms with E-state index in [4.69, 9.17) is 0 Å². The first kappa shape index (κ1) is 22.0. The predicted octanol–water partition coefficient (Wildman–Crippen LogP) is 3.70. The van der Waals surface area contributed by atoms with Crippen molar-refractivity contribution in [3.63, 3.8) is 0 Å². The van der Waals surface area contributed by atoms with E-state index in [1.807, 2.05) is 0 Å². The van der Waals surface area contributed by atoms with E-state index >= 15 is 0 Å². The molecule has 0 aromatic heterocycles. The molecule has 1 fully saturated rings. The van der Waals surface area contributed by atoms with Crippen LogP contribution in [0.15, 0.2) is 30.9 Å². The predicted molar refractivity (Wildman–Crippen MR) is 85.0 cm³/mol. The molecule has 1 aliphatic rings. The SMILES string of the molecule is C=C[C@@H](c1ccc(OC(F)(F)F)c(F)c1)N1CCNCC1.Cl.Cl. The highest BCUT2D eigenvalue weighted by molar-refractivity contribution is 5.85. The van der Waals surface area contributed by atoms with Gasteiger partial charge in [0.25, 0.3) is 0 Å². The molecule has 1 saturated heterocycles. The number of hydrogen-bond donors (Lipinski definition) is 1. The topological polar surface area (TPSA) is 24.5 Å². The van der Waals surface area contributed by atoms with Crippen molar-refractivity contribution in [2.75, 3.05) is 26.2 Å². The van der Waals surface area contributed by atoms with Gasteiger partial charge in [0.2, 0.25) is 0 Å². The van der Waals surface area contributed by atoms with E-state index in [2.05, 4.69) is 21.5 Å². The molecule has 0 aliphatic carbocycles. The highest BCUT2D eigenvalue weighted by atomic mass is 35.5. The third kappa shape index (κ3) is 6.18. The van der Waals surface area contributed by atoms with Gasteiger partial charge in [0.05, 0.1) is 6.04 Å². The lowest BCUT2D eigenvalue weighted by molar-refractivity contribution is -0.275. The Bertz CT molecular complexity index is 508. The maximum atomic E-state index is 13.8. The summed E-state index contributed by atoms with van der Waals surface area (Å²) < 4.78 is 53.7. The zero-order chi connectivity index (χ0) is 15.5. The molecule has 1 heterocycles. The molecule has 0 spiro atoms. The lowest BCUT2D eigenvalue weighted by Gasteiger charge is -2.33. The number of piperazine rings is 1. The minimum Gasteiger partial charge on any atom is -0.403 e. The van der Waals surface area contributed by atoms with Crippen molar-refractivity contribution in [2.24, 2.45) is 0 Å². The van der Waals surface area contributed by atoms with Crippen LogP contribution in [0, 0.1) is 5.82 Å². The first-order valence-corrected chi connectivity index (χ1v) is 6.53. The highest BCUT2D eigenvalue weighted by Crippen LogP contribution is 2.30. The monoisotopic (exact) mass is 376 g/mol. The summed E-state index contributed by atoms with van der Waals surface area (Å²) in [7, 11) is 0. The van der Waals surface area contributed by atoms with Gasteiger partial charge in [-0.25, -0.2) is 4.39 Å². The first-order chi connectivity index (χ1) is 9.90. The average Bonchev–Trinajstić information content (AvgIpc) is 2.42. The third-order valence-corrected chi connectivity index (χ3v) is 3.29. The van der Waals surface area contributed by atoms with Crippen LogP contribution in [-0.2, 0) is 0 Å². The molecule has 1 aliphatic heterocycles. The molecule has 132 valence electrons. The van der Waals surface area contributed by atoms with Crippen LogP contribution in [0.1, 0.15) is 11.6 Å². The van der Waals surface area contributed by atoms with Crippen LogP contribution >= 0.6 is 24.8 Å². The summed E-state index contributed by atoms with van der Waals surface area (Å²) in [4.78, 5) is 2.09. The largest absolute Gasteiger partial charge is 0.573 e. The number of halogens is 6. The van der Waals surface area contributed by atoms with Crippen molar-refractivity contribution in [1.29, 1.82) is 0 Å². The normalized spacial score (nSPS) is 16.7. The molecule has 0 bridgehead atoms. The molecule has 9 heteroatoms. The molecular formula is C14H18Cl2F4N2O. The van der Waals surface area contributed by atoms with E-state index in [0.29, 0.717) is 5.56 Å². The number of hydrogen-bond acceptors (Lipinski definition) is 3. The van der Waals surface area contributed by atoms with Gasteiger partial charge in [-0.1, -0.05) is 12.1 Å². The van der Waals surface area contributed by atoms with E-state index in [1.165, 1.54) is 6.07 Å². The van der Waals surface area contributed by atoms with Crippen molar-refractivity contribution in [3.8, 4) is 5.75 Å². The second-order valence-electron chi connectivity index (χ2n) is 4.70. The molecule has 23 heavy (non-hydrogen) atoms. The Morgan fingerprint density at radius 1 is 1.22 bits per heavy atom. The standard InChI is InChI=1S/C14H16F4N2O.2ClH/c1-2-12(20-7-5-19-6-8-20)10-3-4-13(11(15)9-10)21-14(16,17)18;;/h2-4,9,12,19H,1,5-8H2;2*1H/t12-;;/m0../s1. The maximum Gasteiger partial charge on any atom is 0.573 e. The number of rotatable bonds is 4. The van der Waals surface area contributed by atoms with E-state index in [9.17, 15) is 17.6 Å². The van der Waals surface area contributed by atoms with Crippen LogP contribution in [0.4, 0.5) is 17.6 Å². The van der Waals surface area contributed by atoms with Gasteiger partial charge in [0.15, 0.2) is 11.6 Å². The summed E-state index contributed by atoms with van der Waals surface area (Å²) >= 11 is 0. The van der Waals surface area contributed by atoms with Crippen molar-refractivity contribution in [2.45, 2.75) is 12.4 Å². The Hall–Kier alpha value is -1.02. The van der Waals surface area contributed by atoms with Crippen LogP contribution in [0.5, 0.6) is 5.75 Å². The molecule has 1 N–H and O–H groups in total. The van der Waals surface area contributed by atoms with Gasteiger partial charge >= 0.3 is 6.36 Å². The van der Waals surface area contributed by atoms with Gasteiger partial charge in [-0.15, -0.1) is 44.6 Å². The fourth-order valence-corrected chi connectivity index (χ4v) is 2.36.